The number of hydrogen-bond acceptors (Lipinski definition) is 2. The average molecular weight is 284 g/mol. The van der Waals surface area contributed by atoms with Crippen molar-refractivity contribution < 1.29 is 13.6 Å². The zero-order valence-corrected chi connectivity index (χ0v) is 10.8. The second-order valence-electron chi connectivity index (χ2n) is 4.50. The monoisotopic (exact) mass is 284 g/mol. The van der Waals surface area contributed by atoms with E-state index >= 15 is 0 Å². The molecule has 1 heterocycles. The molecule has 0 saturated carbocycles. The molecule has 0 aliphatic carbocycles. The summed E-state index contributed by atoms with van der Waals surface area (Å²) in [6.45, 7) is 0. The lowest BCUT2D eigenvalue weighted by atomic mass is 10.0. The molecule has 0 unspecified atom stereocenters. The quantitative estimate of drug-likeness (QED) is 0.743. The fraction of sp³-hybridized carbons (Fsp3) is 0. The highest BCUT2D eigenvalue weighted by atomic mass is 19.2. The van der Waals surface area contributed by atoms with E-state index in [0.717, 1.165) is 18.4 Å². The Morgan fingerprint density at radius 1 is 1.00 bits per heavy atom. The highest BCUT2D eigenvalue weighted by Crippen LogP contribution is 2.26. The number of aromatic amines is 1. The molecule has 3 rings (SSSR count). The first kappa shape index (κ1) is 13.2. The van der Waals surface area contributed by atoms with E-state index in [9.17, 15) is 13.6 Å². The van der Waals surface area contributed by atoms with Crippen molar-refractivity contribution in [3.63, 3.8) is 0 Å². The van der Waals surface area contributed by atoms with Crippen LogP contribution in [0.15, 0.2) is 48.5 Å². The van der Waals surface area contributed by atoms with Gasteiger partial charge in [-0.15, -0.1) is 0 Å². The van der Waals surface area contributed by atoms with Gasteiger partial charge in [0.1, 0.15) is 0 Å². The second-order valence-corrected chi connectivity index (χ2v) is 4.50. The van der Waals surface area contributed by atoms with Crippen LogP contribution in [0.4, 0.5) is 8.78 Å². The molecule has 0 bridgehead atoms. The van der Waals surface area contributed by atoms with Crippen LogP contribution in [0.3, 0.4) is 0 Å². The highest BCUT2D eigenvalue weighted by molar-refractivity contribution is 5.87. The minimum absolute atomic E-state index is 0.458. The van der Waals surface area contributed by atoms with Gasteiger partial charge in [0.05, 0.1) is 11.4 Å². The molecule has 1 N–H and O–H groups in total. The van der Waals surface area contributed by atoms with Gasteiger partial charge in [-0.25, -0.2) is 8.78 Å². The standard InChI is InChI=1S/C16H10F2N2O/c17-13-6-5-10(7-14(13)18)15-8-16(20-19-15)12-4-2-1-3-11(12)9-21/h1-9H,(H,19,20). The van der Waals surface area contributed by atoms with E-state index in [1.165, 1.54) is 6.07 Å². The summed E-state index contributed by atoms with van der Waals surface area (Å²) >= 11 is 0. The van der Waals surface area contributed by atoms with Gasteiger partial charge in [-0.05, 0) is 24.3 Å². The Morgan fingerprint density at radius 2 is 1.81 bits per heavy atom. The molecule has 5 heteroatoms. The molecule has 0 atom stereocenters. The molecule has 0 fully saturated rings. The number of hydrogen-bond donors (Lipinski definition) is 1. The predicted molar refractivity (Wildman–Crippen MR) is 74.8 cm³/mol. The molecule has 1 aromatic heterocycles. The number of nitrogens with one attached hydrogen (secondary N) is 1. The first-order chi connectivity index (χ1) is 10.2. The summed E-state index contributed by atoms with van der Waals surface area (Å²) in [5, 5.41) is 6.88. The third-order valence-electron chi connectivity index (χ3n) is 3.17. The van der Waals surface area contributed by atoms with Crippen LogP contribution < -0.4 is 0 Å². The molecule has 0 amide bonds. The maximum atomic E-state index is 13.3. The van der Waals surface area contributed by atoms with Crippen LogP contribution in [0.1, 0.15) is 10.4 Å². The van der Waals surface area contributed by atoms with E-state index in [-0.39, 0.29) is 0 Å². The van der Waals surface area contributed by atoms with Crippen molar-refractivity contribution in [2.75, 3.05) is 0 Å². The van der Waals surface area contributed by atoms with Crippen molar-refractivity contribution in [3.8, 4) is 22.5 Å². The average Bonchev–Trinajstić information content (AvgIpc) is 2.99. The maximum absolute atomic E-state index is 13.3. The number of aldehydes is 1. The van der Waals surface area contributed by atoms with Gasteiger partial charge in [0, 0.05) is 16.7 Å². The molecule has 0 aliphatic heterocycles. The van der Waals surface area contributed by atoms with Gasteiger partial charge in [0.15, 0.2) is 17.9 Å². The third kappa shape index (κ3) is 2.45. The first-order valence-electron chi connectivity index (χ1n) is 6.24. The number of carbonyl (C=O) groups excluding carboxylic acids is 1. The van der Waals surface area contributed by atoms with Crippen LogP contribution in [0.2, 0.25) is 0 Å². The van der Waals surface area contributed by atoms with Gasteiger partial charge in [0.2, 0.25) is 0 Å². The van der Waals surface area contributed by atoms with E-state index in [4.69, 9.17) is 0 Å². The fourth-order valence-corrected chi connectivity index (χ4v) is 2.11. The third-order valence-corrected chi connectivity index (χ3v) is 3.17. The van der Waals surface area contributed by atoms with Gasteiger partial charge < -0.3 is 0 Å². The molecule has 0 saturated heterocycles. The zero-order valence-electron chi connectivity index (χ0n) is 10.8. The number of benzene rings is 2. The Hall–Kier alpha value is -2.82. The van der Waals surface area contributed by atoms with Crippen LogP contribution in [-0.2, 0) is 0 Å². The minimum atomic E-state index is -0.926. The van der Waals surface area contributed by atoms with Crippen molar-refractivity contribution in [3.05, 3.63) is 65.7 Å². The van der Waals surface area contributed by atoms with Crippen molar-refractivity contribution in [1.29, 1.82) is 0 Å². The van der Waals surface area contributed by atoms with E-state index in [2.05, 4.69) is 10.2 Å². The topological polar surface area (TPSA) is 45.8 Å². The van der Waals surface area contributed by atoms with Crippen LogP contribution in [0, 0.1) is 11.6 Å². The fourth-order valence-electron chi connectivity index (χ4n) is 2.11. The van der Waals surface area contributed by atoms with Crippen molar-refractivity contribution >= 4 is 6.29 Å². The number of rotatable bonds is 3. The van der Waals surface area contributed by atoms with Crippen LogP contribution in [0.25, 0.3) is 22.5 Å². The van der Waals surface area contributed by atoms with Crippen molar-refractivity contribution in [2.24, 2.45) is 0 Å². The molecule has 0 spiro atoms. The van der Waals surface area contributed by atoms with E-state index < -0.39 is 11.6 Å². The SMILES string of the molecule is O=Cc1ccccc1-c1cc(-c2ccc(F)c(F)c2)n[nH]1. The Balaban J connectivity index is 2.03. The summed E-state index contributed by atoms with van der Waals surface area (Å²) in [4.78, 5) is 11.0. The Kier molecular flexibility index (Phi) is 3.31. The first-order valence-corrected chi connectivity index (χ1v) is 6.24. The number of carbonyl (C=O) groups is 1. The molecule has 21 heavy (non-hydrogen) atoms. The van der Waals surface area contributed by atoms with E-state index in [1.807, 2.05) is 0 Å². The van der Waals surface area contributed by atoms with Crippen molar-refractivity contribution in [2.45, 2.75) is 0 Å². The molecule has 2 aromatic carbocycles. The molecule has 3 nitrogen and oxygen atoms in total. The predicted octanol–water partition coefficient (Wildman–Crippen LogP) is 3.83. The van der Waals surface area contributed by atoms with Crippen molar-refractivity contribution in [1.82, 2.24) is 10.2 Å². The summed E-state index contributed by atoms with van der Waals surface area (Å²) < 4.78 is 26.2. The van der Waals surface area contributed by atoms with Crippen LogP contribution in [-0.4, -0.2) is 16.5 Å². The smallest absolute Gasteiger partial charge is 0.159 e. The summed E-state index contributed by atoms with van der Waals surface area (Å²) in [7, 11) is 0. The van der Waals surface area contributed by atoms with E-state index in [1.54, 1.807) is 30.3 Å². The van der Waals surface area contributed by atoms with Gasteiger partial charge in [-0.3, -0.25) is 9.89 Å². The van der Waals surface area contributed by atoms with Gasteiger partial charge in [-0.1, -0.05) is 24.3 Å². The van der Waals surface area contributed by atoms with Gasteiger partial charge in [-0.2, -0.15) is 5.10 Å². The molecule has 104 valence electrons. The maximum Gasteiger partial charge on any atom is 0.159 e. The highest BCUT2D eigenvalue weighted by Gasteiger charge is 2.10. The second kappa shape index (κ2) is 5.28. The Morgan fingerprint density at radius 3 is 2.57 bits per heavy atom. The summed E-state index contributed by atoms with van der Waals surface area (Å²) in [5.41, 5.74) is 2.80. The Bertz CT molecular complexity index is 812. The van der Waals surface area contributed by atoms with Crippen LogP contribution >= 0.6 is 0 Å². The van der Waals surface area contributed by atoms with E-state index in [0.29, 0.717) is 28.1 Å². The van der Waals surface area contributed by atoms with Gasteiger partial charge in [0.25, 0.3) is 0 Å². The minimum Gasteiger partial charge on any atom is -0.298 e. The zero-order chi connectivity index (χ0) is 14.8. The largest absolute Gasteiger partial charge is 0.298 e. The number of nitrogens with zero attached hydrogens (tertiary/aromatic N) is 1. The summed E-state index contributed by atoms with van der Waals surface area (Å²) in [5.74, 6) is -1.83. The Labute approximate surface area is 119 Å². The van der Waals surface area contributed by atoms with Gasteiger partial charge >= 0.3 is 0 Å². The molecular weight excluding hydrogens is 274 g/mol. The molecule has 0 radical (unpaired) electrons. The molecule has 3 aromatic rings. The normalized spacial score (nSPS) is 10.6. The lowest BCUT2D eigenvalue weighted by Crippen LogP contribution is -1.86. The summed E-state index contributed by atoms with van der Waals surface area (Å²) in [6.07, 6.45) is 0.757. The lowest BCUT2D eigenvalue weighted by molar-refractivity contribution is 0.112. The van der Waals surface area contributed by atoms with Crippen LogP contribution in [0.5, 0.6) is 0 Å². The lowest BCUT2D eigenvalue weighted by Gasteiger charge is -2.00. The number of aromatic nitrogens is 2. The summed E-state index contributed by atoms with van der Waals surface area (Å²) in [6, 6.07) is 12.3. The number of H-pyrrole nitrogens is 1. The molecular formula is C16H10F2N2O. The number of halogens is 2. The molecule has 0 aliphatic rings.